The number of benzene rings is 1. The highest BCUT2D eigenvalue weighted by atomic mass is 14.0. The van der Waals surface area contributed by atoms with Crippen LogP contribution in [0.2, 0.25) is 0 Å². The summed E-state index contributed by atoms with van der Waals surface area (Å²) in [6.45, 7) is 4.41. The van der Waals surface area contributed by atoms with Crippen LogP contribution in [0, 0.1) is 0 Å². The minimum atomic E-state index is 0. The summed E-state index contributed by atoms with van der Waals surface area (Å²) in [5.41, 5.74) is 1.41. The molecule has 0 N–H and O–H groups in total. The molecule has 0 saturated heterocycles. The fourth-order valence-corrected chi connectivity index (χ4v) is 0.838. The summed E-state index contributed by atoms with van der Waals surface area (Å²) in [6, 6.07) is 10.5. The van der Waals surface area contributed by atoms with Crippen LogP contribution < -0.4 is 0 Å². The molecule has 48 valence electrons. The Bertz CT molecular complexity index is 167. The molecule has 1 rings (SSSR count). The molecule has 1 aromatic rings. The van der Waals surface area contributed by atoms with Crippen LogP contribution >= 0.6 is 0 Å². The molecule has 0 unspecified atom stereocenters. The monoisotopic (exact) mass is 121 g/mol. The summed E-state index contributed by atoms with van der Waals surface area (Å²) in [7, 11) is 0. The fourth-order valence-electron chi connectivity index (χ4n) is 0.838. The van der Waals surface area contributed by atoms with Gasteiger partial charge in [0.15, 0.2) is 0 Å². The van der Waals surface area contributed by atoms with E-state index in [4.69, 9.17) is 0 Å². The molecule has 0 heteroatoms. The second-order valence-corrected chi connectivity index (χ2v) is 2.57. The number of hydrogen-bond acceptors (Lipinski definition) is 0. The van der Waals surface area contributed by atoms with E-state index in [1.165, 1.54) is 5.56 Å². The van der Waals surface area contributed by atoms with E-state index in [2.05, 4.69) is 38.1 Å². The summed E-state index contributed by atoms with van der Waals surface area (Å²) in [5.74, 6) is 0.659. The lowest BCUT2D eigenvalue weighted by molar-refractivity contribution is 0.867. The molecule has 0 saturated carbocycles. The lowest BCUT2D eigenvalue weighted by Gasteiger charge is -2.01. The van der Waals surface area contributed by atoms with E-state index in [1.54, 1.807) is 0 Å². The maximum atomic E-state index is 2.20. The Balaban J connectivity index is 0.000000810. The minimum Gasteiger partial charge on any atom is -0.0622 e. The second-order valence-electron chi connectivity index (χ2n) is 2.57. The SMILES string of the molecule is CC(C)c1ccccc1.[H+]. The third kappa shape index (κ3) is 1.56. The van der Waals surface area contributed by atoms with Crippen LogP contribution in [0.1, 0.15) is 26.8 Å². The Morgan fingerprint density at radius 2 is 1.67 bits per heavy atom. The zero-order chi connectivity index (χ0) is 6.69. The maximum absolute atomic E-state index is 2.20. The molecule has 0 aromatic heterocycles. The van der Waals surface area contributed by atoms with Gasteiger partial charge in [-0.3, -0.25) is 0 Å². The molecule has 0 atom stereocenters. The van der Waals surface area contributed by atoms with Crippen molar-refractivity contribution in [2.75, 3.05) is 0 Å². The Morgan fingerprint density at radius 1 is 1.11 bits per heavy atom. The zero-order valence-corrected chi connectivity index (χ0v) is 5.96. The average molecular weight is 121 g/mol. The van der Waals surface area contributed by atoms with Gasteiger partial charge in [0.2, 0.25) is 0 Å². The van der Waals surface area contributed by atoms with E-state index >= 15 is 0 Å². The van der Waals surface area contributed by atoms with Gasteiger partial charge in [-0.05, 0) is 11.5 Å². The zero-order valence-electron chi connectivity index (χ0n) is 6.96. The smallest absolute Gasteiger partial charge is 0.0622 e. The van der Waals surface area contributed by atoms with Gasteiger partial charge in [-0.25, -0.2) is 0 Å². The van der Waals surface area contributed by atoms with Crippen molar-refractivity contribution in [1.29, 1.82) is 0 Å². The summed E-state index contributed by atoms with van der Waals surface area (Å²) < 4.78 is 0. The van der Waals surface area contributed by atoms with Crippen molar-refractivity contribution < 1.29 is 1.43 Å². The fraction of sp³-hybridized carbons (Fsp3) is 0.333. The van der Waals surface area contributed by atoms with Crippen molar-refractivity contribution in [2.45, 2.75) is 19.8 Å². The molecule has 0 amide bonds. The Morgan fingerprint density at radius 3 is 2.00 bits per heavy atom. The van der Waals surface area contributed by atoms with Crippen LogP contribution in [0.15, 0.2) is 30.3 Å². The predicted octanol–water partition coefficient (Wildman–Crippen LogP) is 2.92. The summed E-state index contributed by atoms with van der Waals surface area (Å²) in [5, 5.41) is 0. The molecule has 0 aliphatic rings. The highest BCUT2D eigenvalue weighted by molar-refractivity contribution is 5.17. The number of rotatable bonds is 1. The van der Waals surface area contributed by atoms with E-state index in [-0.39, 0.29) is 1.43 Å². The molecule has 0 bridgehead atoms. The van der Waals surface area contributed by atoms with E-state index in [0.29, 0.717) is 5.92 Å². The van der Waals surface area contributed by atoms with Crippen molar-refractivity contribution in [3.63, 3.8) is 0 Å². The molecule has 1 aromatic carbocycles. The van der Waals surface area contributed by atoms with Crippen molar-refractivity contribution in [3.8, 4) is 0 Å². The Hall–Kier alpha value is -0.780. The van der Waals surface area contributed by atoms with Gasteiger partial charge in [-0.15, -0.1) is 0 Å². The van der Waals surface area contributed by atoms with Crippen molar-refractivity contribution in [1.82, 2.24) is 0 Å². The van der Waals surface area contributed by atoms with Crippen LogP contribution in [0.4, 0.5) is 0 Å². The normalized spacial score (nSPS) is 10.1. The molecule has 0 spiro atoms. The lowest BCUT2D eigenvalue weighted by atomic mass is 10.0. The van der Waals surface area contributed by atoms with Gasteiger partial charge in [0.05, 0.1) is 0 Å². The van der Waals surface area contributed by atoms with Crippen molar-refractivity contribution in [3.05, 3.63) is 35.9 Å². The average Bonchev–Trinajstić information content (AvgIpc) is 1.90. The maximum Gasteiger partial charge on any atom is 1.00 e. The highest BCUT2D eigenvalue weighted by Crippen LogP contribution is 2.11. The van der Waals surface area contributed by atoms with Gasteiger partial charge in [-0.2, -0.15) is 0 Å². The topological polar surface area (TPSA) is 0 Å². The first kappa shape index (κ1) is 6.34. The third-order valence-corrected chi connectivity index (χ3v) is 1.47. The minimum absolute atomic E-state index is 0. The van der Waals surface area contributed by atoms with Crippen LogP contribution in [-0.4, -0.2) is 0 Å². The quantitative estimate of drug-likeness (QED) is 0.536. The predicted molar refractivity (Wildman–Crippen MR) is 41.6 cm³/mol. The largest absolute Gasteiger partial charge is 1.00 e. The van der Waals surface area contributed by atoms with E-state index < -0.39 is 0 Å². The molecule has 0 aliphatic carbocycles. The van der Waals surface area contributed by atoms with Gasteiger partial charge in [0, 0.05) is 0 Å². The van der Waals surface area contributed by atoms with E-state index in [9.17, 15) is 0 Å². The van der Waals surface area contributed by atoms with Gasteiger partial charge in [0.1, 0.15) is 0 Å². The Labute approximate surface area is 58.0 Å². The van der Waals surface area contributed by atoms with Gasteiger partial charge < -0.3 is 0 Å². The molecule has 9 heavy (non-hydrogen) atoms. The second kappa shape index (κ2) is 2.67. The van der Waals surface area contributed by atoms with Crippen LogP contribution in [0.25, 0.3) is 0 Å². The van der Waals surface area contributed by atoms with Crippen LogP contribution in [0.3, 0.4) is 0 Å². The van der Waals surface area contributed by atoms with Crippen LogP contribution in [-0.2, 0) is 0 Å². The first-order chi connectivity index (χ1) is 4.30. The van der Waals surface area contributed by atoms with Gasteiger partial charge in [-0.1, -0.05) is 44.2 Å². The third-order valence-electron chi connectivity index (χ3n) is 1.47. The first-order valence-corrected chi connectivity index (χ1v) is 3.35. The van der Waals surface area contributed by atoms with E-state index in [0.717, 1.165) is 0 Å². The van der Waals surface area contributed by atoms with Crippen molar-refractivity contribution in [2.24, 2.45) is 0 Å². The molecule has 0 radical (unpaired) electrons. The lowest BCUT2D eigenvalue weighted by Crippen LogP contribution is -1.83. The van der Waals surface area contributed by atoms with E-state index in [1.807, 2.05) is 6.07 Å². The molecule has 0 aliphatic heterocycles. The summed E-state index contributed by atoms with van der Waals surface area (Å²) in [4.78, 5) is 0. The number of hydrogen-bond donors (Lipinski definition) is 0. The summed E-state index contributed by atoms with van der Waals surface area (Å²) in [6.07, 6.45) is 0. The standard InChI is InChI=1S/C9H12/c1-8(2)9-6-4-3-5-7-9/h3-8H,1-2H3/p+1. The van der Waals surface area contributed by atoms with Gasteiger partial charge >= 0.3 is 1.43 Å². The van der Waals surface area contributed by atoms with Gasteiger partial charge in [0.25, 0.3) is 0 Å². The summed E-state index contributed by atoms with van der Waals surface area (Å²) >= 11 is 0. The Kier molecular flexibility index (Phi) is 1.88. The van der Waals surface area contributed by atoms with Crippen LogP contribution in [0.5, 0.6) is 0 Å². The molecule has 0 nitrogen and oxygen atoms in total. The molecule has 0 fully saturated rings. The molecular formula is C9H13+. The molecular weight excluding hydrogens is 108 g/mol. The first-order valence-electron chi connectivity index (χ1n) is 3.35. The van der Waals surface area contributed by atoms with Crippen molar-refractivity contribution >= 4 is 0 Å². The highest BCUT2D eigenvalue weighted by Gasteiger charge is 1.93. The molecule has 0 heterocycles.